The predicted octanol–water partition coefficient (Wildman–Crippen LogP) is 4.19. The molecule has 0 amide bonds. The number of carboxylic acid groups (broad SMARTS) is 1. The van der Waals surface area contributed by atoms with Crippen molar-refractivity contribution in [2.45, 2.75) is 13.3 Å². The quantitative estimate of drug-likeness (QED) is 0.867. The first-order valence-corrected chi connectivity index (χ1v) is 7.11. The molecule has 0 aliphatic carbocycles. The summed E-state index contributed by atoms with van der Waals surface area (Å²) in [5, 5.41) is 8.98. The van der Waals surface area contributed by atoms with Crippen LogP contribution in [-0.4, -0.2) is 16.1 Å². The number of thiophene rings is 1. The number of carbonyl (C=O) groups is 1. The van der Waals surface area contributed by atoms with Crippen molar-refractivity contribution in [3.8, 4) is 11.5 Å². The number of carboxylic acids is 1. The number of hydrogen-bond donors (Lipinski definition) is 1. The summed E-state index contributed by atoms with van der Waals surface area (Å²) in [6.45, 7) is 1.84. The molecule has 0 spiro atoms. The Kier molecular flexibility index (Phi) is 3.70. The van der Waals surface area contributed by atoms with Gasteiger partial charge in [0, 0.05) is 0 Å². The molecule has 0 saturated carbocycles. The molecule has 0 bridgehead atoms. The highest BCUT2D eigenvalue weighted by Crippen LogP contribution is 2.38. The second-order valence-electron chi connectivity index (χ2n) is 3.19. The molecule has 7 heteroatoms. The van der Waals surface area contributed by atoms with Gasteiger partial charge in [0.1, 0.15) is 0 Å². The van der Waals surface area contributed by atoms with Crippen molar-refractivity contribution in [1.82, 2.24) is 4.98 Å². The minimum Gasteiger partial charge on any atom is -0.475 e. The fraction of sp³-hybridized carbons (Fsp3) is 0.200. The summed E-state index contributed by atoms with van der Waals surface area (Å²) in [6.07, 6.45) is 0.522. The van der Waals surface area contributed by atoms with Crippen molar-refractivity contribution >= 4 is 49.2 Å². The highest BCUT2D eigenvalue weighted by Gasteiger charge is 2.21. The fourth-order valence-electron chi connectivity index (χ4n) is 1.36. The number of oxazole rings is 1. The van der Waals surface area contributed by atoms with Gasteiger partial charge in [0.05, 0.1) is 18.8 Å². The fourth-order valence-corrected chi connectivity index (χ4v) is 4.14. The van der Waals surface area contributed by atoms with Gasteiger partial charge in [0.2, 0.25) is 11.7 Å². The molecule has 0 aliphatic rings. The molecule has 2 heterocycles. The zero-order chi connectivity index (χ0) is 12.6. The maximum atomic E-state index is 11.0. The standard InChI is InChI=1S/C10H7Br2NO3S/c1-2-5-7(10(14)15)16-9(13-5)4-3-6(11)17-8(4)12/h3H,2H2,1H3,(H,14,15). The summed E-state index contributed by atoms with van der Waals surface area (Å²) in [5.74, 6) is -0.851. The monoisotopic (exact) mass is 379 g/mol. The van der Waals surface area contributed by atoms with E-state index in [9.17, 15) is 4.79 Å². The lowest BCUT2D eigenvalue weighted by Crippen LogP contribution is -1.98. The first kappa shape index (κ1) is 12.8. The molecular formula is C10H7Br2NO3S. The Labute approximate surface area is 118 Å². The van der Waals surface area contributed by atoms with Gasteiger partial charge in [-0.1, -0.05) is 6.92 Å². The molecule has 0 aliphatic heterocycles. The molecule has 0 aromatic carbocycles. The van der Waals surface area contributed by atoms with Crippen LogP contribution < -0.4 is 0 Å². The molecule has 0 saturated heterocycles. The van der Waals surface area contributed by atoms with Gasteiger partial charge in [-0.15, -0.1) is 11.3 Å². The van der Waals surface area contributed by atoms with Gasteiger partial charge < -0.3 is 9.52 Å². The highest BCUT2D eigenvalue weighted by atomic mass is 79.9. The molecule has 2 rings (SSSR count). The van der Waals surface area contributed by atoms with E-state index >= 15 is 0 Å². The third-order valence-electron chi connectivity index (χ3n) is 2.11. The van der Waals surface area contributed by atoms with Crippen LogP contribution in [0.3, 0.4) is 0 Å². The van der Waals surface area contributed by atoms with E-state index in [2.05, 4.69) is 36.8 Å². The van der Waals surface area contributed by atoms with E-state index in [1.807, 2.05) is 13.0 Å². The summed E-state index contributed by atoms with van der Waals surface area (Å²) in [7, 11) is 0. The van der Waals surface area contributed by atoms with Crippen LogP contribution in [0.25, 0.3) is 11.5 Å². The van der Waals surface area contributed by atoms with Crippen LogP contribution in [0, 0.1) is 0 Å². The lowest BCUT2D eigenvalue weighted by atomic mass is 10.3. The molecule has 1 N–H and O–H groups in total. The van der Waals surface area contributed by atoms with Gasteiger partial charge in [-0.05, 0) is 44.3 Å². The zero-order valence-electron chi connectivity index (χ0n) is 8.66. The number of nitrogens with zero attached hydrogens (tertiary/aromatic N) is 1. The van der Waals surface area contributed by atoms with Crippen molar-refractivity contribution in [3.05, 3.63) is 25.1 Å². The van der Waals surface area contributed by atoms with E-state index in [1.54, 1.807) is 0 Å². The van der Waals surface area contributed by atoms with Crippen LogP contribution >= 0.6 is 43.2 Å². The van der Waals surface area contributed by atoms with Gasteiger partial charge >= 0.3 is 5.97 Å². The van der Waals surface area contributed by atoms with Gasteiger partial charge in [0.25, 0.3) is 0 Å². The van der Waals surface area contributed by atoms with Crippen molar-refractivity contribution in [3.63, 3.8) is 0 Å². The number of halogens is 2. The number of aromatic carboxylic acids is 1. The normalized spacial score (nSPS) is 10.8. The van der Waals surface area contributed by atoms with Gasteiger partial charge in [-0.3, -0.25) is 0 Å². The van der Waals surface area contributed by atoms with Crippen molar-refractivity contribution in [2.75, 3.05) is 0 Å². The smallest absolute Gasteiger partial charge is 0.373 e. The number of rotatable bonds is 3. The summed E-state index contributed by atoms with van der Waals surface area (Å²) in [5.41, 5.74) is 1.21. The van der Waals surface area contributed by atoms with E-state index in [1.165, 1.54) is 11.3 Å². The minimum atomic E-state index is -1.09. The van der Waals surface area contributed by atoms with E-state index in [0.29, 0.717) is 18.0 Å². The van der Waals surface area contributed by atoms with Crippen molar-refractivity contribution in [2.24, 2.45) is 0 Å². The van der Waals surface area contributed by atoms with Crippen LogP contribution in [-0.2, 0) is 6.42 Å². The largest absolute Gasteiger partial charge is 0.475 e. The average Bonchev–Trinajstić information content (AvgIpc) is 2.81. The van der Waals surface area contributed by atoms with Gasteiger partial charge in [-0.2, -0.15) is 0 Å². The van der Waals surface area contributed by atoms with Gasteiger partial charge in [-0.25, -0.2) is 9.78 Å². The third kappa shape index (κ3) is 2.46. The van der Waals surface area contributed by atoms with Crippen LogP contribution in [0.1, 0.15) is 23.2 Å². The van der Waals surface area contributed by atoms with Crippen LogP contribution in [0.2, 0.25) is 0 Å². The van der Waals surface area contributed by atoms with Gasteiger partial charge in [0.15, 0.2) is 0 Å². The Balaban J connectivity index is 2.53. The SMILES string of the molecule is CCc1nc(-c2cc(Br)sc2Br)oc1C(=O)O. The summed E-state index contributed by atoms with van der Waals surface area (Å²) >= 11 is 8.22. The zero-order valence-corrected chi connectivity index (χ0v) is 12.6. The maximum Gasteiger partial charge on any atom is 0.373 e. The summed E-state index contributed by atoms with van der Waals surface area (Å²) in [4.78, 5) is 15.2. The highest BCUT2D eigenvalue weighted by molar-refractivity contribution is 9.12. The predicted molar refractivity (Wildman–Crippen MR) is 71.6 cm³/mol. The Bertz CT molecular complexity index is 576. The third-order valence-corrected chi connectivity index (χ3v) is 4.45. The first-order valence-electron chi connectivity index (χ1n) is 4.71. The number of aromatic nitrogens is 1. The van der Waals surface area contributed by atoms with Crippen LogP contribution in [0.5, 0.6) is 0 Å². The Hall–Kier alpha value is -0.660. The molecule has 4 nitrogen and oxygen atoms in total. The Morgan fingerprint density at radius 3 is 2.71 bits per heavy atom. The number of aryl methyl sites for hydroxylation is 1. The van der Waals surface area contributed by atoms with Crippen LogP contribution in [0.15, 0.2) is 18.1 Å². The molecule has 2 aromatic heterocycles. The lowest BCUT2D eigenvalue weighted by molar-refractivity contribution is 0.0662. The first-order chi connectivity index (χ1) is 8.02. The van der Waals surface area contributed by atoms with E-state index in [0.717, 1.165) is 13.1 Å². The molecular weight excluding hydrogens is 374 g/mol. The summed E-state index contributed by atoms with van der Waals surface area (Å²) < 4.78 is 7.07. The second kappa shape index (κ2) is 4.91. The molecule has 2 aromatic rings. The van der Waals surface area contributed by atoms with Crippen LogP contribution in [0.4, 0.5) is 0 Å². The molecule has 90 valence electrons. The topological polar surface area (TPSA) is 63.3 Å². The maximum absolute atomic E-state index is 11.0. The lowest BCUT2D eigenvalue weighted by Gasteiger charge is -1.89. The summed E-state index contributed by atoms with van der Waals surface area (Å²) in [6, 6.07) is 1.84. The average molecular weight is 381 g/mol. The Morgan fingerprint density at radius 2 is 2.29 bits per heavy atom. The molecule has 0 unspecified atom stereocenters. The van der Waals surface area contributed by atoms with Crippen molar-refractivity contribution in [1.29, 1.82) is 0 Å². The minimum absolute atomic E-state index is 0.0864. The second-order valence-corrected chi connectivity index (χ2v) is 6.94. The van der Waals surface area contributed by atoms with E-state index in [4.69, 9.17) is 9.52 Å². The Morgan fingerprint density at radius 1 is 1.59 bits per heavy atom. The number of hydrogen-bond acceptors (Lipinski definition) is 4. The molecule has 0 fully saturated rings. The molecule has 0 atom stereocenters. The molecule has 17 heavy (non-hydrogen) atoms. The van der Waals surface area contributed by atoms with E-state index < -0.39 is 5.97 Å². The van der Waals surface area contributed by atoms with Crippen molar-refractivity contribution < 1.29 is 14.3 Å². The van der Waals surface area contributed by atoms with E-state index in [-0.39, 0.29) is 5.76 Å². The molecule has 0 radical (unpaired) electrons.